The number of amides is 2. The fraction of sp³-hybridized carbons (Fsp3) is 0.435. The maximum Gasteiger partial charge on any atom is 0.286 e. The zero-order valence-corrected chi connectivity index (χ0v) is 17.2. The molecule has 7 heteroatoms. The van der Waals surface area contributed by atoms with Crippen LogP contribution in [-0.2, 0) is 17.8 Å². The molecule has 2 aromatic heterocycles. The Labute approximate surface area is 176 Å². The third-order valence-electron chi connectivity index (χ3n) is 5.62. The molecule has 0 aliphatic carbocycles. The minimum absolute atomic E-state index is 0.215. The summed E-state index contributed by atoms with van der Waals surface area (Å²) in [6.45, 7) is 2.78. The van der Waals surface area contributed by atoms with E-state index in [0.29, 0.717) is 31.7 Å². The molecule has 0 radical (unpaired) electrons. The highest BCUT2D eigenvalue weighted by Gasteiger charge is 2.17. The van der Waals surface area contributed by atoms with E-state index in [4.69, 9.17) is 9.40 Å². The second-order valence-corrected chi connectivity index (χ2v) is 7.70. The van der Waals surface area contributed by atoms with Gasteiger partial charge in [0.1, 0.15) is 5.82 Å². The Bertz CT molecular complexity index is 985. The fourth-order valence-corrected chi connectivity index (χ4v) is 4.03. The van der Waals surface area contributed by atoms with Gasteiger partial charge in [0.2, 0.25) is 5.91 Å². The topological polar surface area (TPSA) is 80.4 Å². The van der Waals surface area contributed by atoms with Crippen LogP contribution in [0.15, 0.2) is 47.1 Å². The molecular weight excluding hydrogens is 380 g/mol. The third-order valence-corrected chi connectivity index (χ3v) is 5.62. The van der Waals surface area contributed by atoms with Gasteiger partial charge in [-0.05, 0) is 37.1 Å². The smallest absolute Gasteiger partial charge is 0.286 e. The Morgan fingerprint density at radius 3 is 2.60 bits per heavy atom. The van der Waals surface area contributed by atoms with Gasteiger partial charge < -0.3 is 19.2 Å². The predicted octanol–water partition coefficient (Wildman–Crippen LogP) is 3.39. The van der Waals surface area contributed by atoms with E-state index < -0.39 is 0 Å². The molecule has 0 spiro atoms. The zero-order valence-electron chi connectivity index (χ0n) is 17.2. The molecular formula is C23H28N4O3. The number of rotatable bonds is 7. The molecule has 0 bridgehead atoms. The van der Waals surface area contributed by atoms with Crippen molar-refractivity contribution in [3.8, 4) is 0 Å². The predicted molar refractivity (Wildman–Crippen MR) is 114 cm³/mol. The van der Waals surface area contributed by atoms with Crippen molar-refractivity contribution in [2.75, 3.05) is 19.6 Å². The highest BCUT2D eigenvalue weighted by molar-refractivity contribution is 5.91. The summed E-state index contributed by atoms with van der Waals surface area (Å²) < 4.78 is 7.24. The molecule has 0 unspecified atom stereocenters. The van der Waals surface area contributed by atoms with Crippen molar-refractivity contribution in [3.63, 3.8) is 0 Å². The van der Waals surface area contributed by atoms with E-state index in [0.717, 1.165) is 42.8 Å². The van der Waals surface area contributed by atoms with Crippen LogP contribution in [0.1, 0.15) is 48.5 Å². The standard InChI is InChI=1S/C23H28N4O3/c28-22(26-14-5-1-2-6-15-26)12-16-27-19-9-4-3-8-18(19)25-21(27)11-13-24-23(29)20-10-7-17-30-20/h3-4,7-10,17H,1-2,5-6,11-16H2,(H,24,29). The van der Waals surface area contributed by atoms with Crippen LogP contribution in [0.4, 0.5) is 0 Å². The molecule has 0 atom stereocenters. The monoisotopic (exact) mass is 408 g/mol. The number of furan rings is 1. The minimum Gasteiger partial charge on any atom is -0.459 e. The number of carbonyl (C=O) groups is 2. The lowest BCUT2D eigenvalue weighted by molar-refractivity contribution is -0.131. The Morgan fingerprint density at radius 1 is 1.03 bits per heavy atom. The van der Waals surface area contributed by atoms with Crippen molar-refractivity contribution in [2.45, 2.75) is 45.1 Å². The quantitative estimate of drug-likeness (QED) is 0.650. The molecule has 1 N–H and O–H groups in total. The van der Waals surface area contributed by atoms with Crippen LogP contribution in [0.2, 0.25) is 0 Å². The molecule has 1 aromatic carbocycles. The van der Waals surface area contributed by atoms with Gasteiger partial charge in [-0.15, -0.1) is 0 Å². The van der Waals surface area contributed by atoms with Crippen molar-refractivity contribution in [1.29, 1.82) is 0 Å². The number of fused-ring (bicyclic) bond motifs is 1. The van der Waals surface area contributed by atoms with Gasteiger partial charge in [0.25, 0.3) is 5.91 Å². The summed E-state index contributed by atoms with van der Waals surface area (Å²) in [5.41, 5.74) is 1.93. The van der Waals surface area contributed by atoms with Crippen LogP contribution in [0.5, 0.6) is 0 Å². The van der Waals surface area contributed by atoms with E-state index >= 15 is 0 Å². The summed E-state index contributed by atoms with van der Waals surface area (Å²) in [6.07, 6.45) is 7.15. The number of para-hydroxylation sites is 2. The number of aryl methyl sites for hydroxylation is 1. The molecule has 4 rings (SSSR count). The highest BCUT2D eigenvalue weighted by atomic mass is 16.3. The second-order valence-electron chi connectivity index (χ2n) is 7.70. The largest absolute Gasteiger partial charge is 0.459 e. The molecule has 2 amide bonds. The molecule has 7 nitrogen and oxygen atoms in total. The summed E-state index contributed by atoms with van der Waals surface area (Å²) in [5, 5.41) is 2.87. The fourth-order valence-electron chi connectivity index (χ4n) is 4.03. The van der Waals surface area contributed by atoms with Crippen LogP contribution in [0.25, 0.3) is 11.0 Å². The first-order chi connectivity index (χ1) is 14.7. The summed E-state index contributed by atoms with van der Waals surface area (Å²) in [6, 6.07) is 11.3. The Hall–Kier alpha value is -3.09. The normalized spacial score (nSPS) is 14.6. The Balaban J connectivity index is 1.42. The summed E-state index contributed by atoms with van der Waals surface area (Å²) >= 11 is 0. The third kappa shape index (κ3) is 4.72. The summed E-state index contributed by atoms with van der Waals surface area (Å²) in [4.78, 5) is 31.6. The van der Waals surface area contributed by atoms with Gasteiger partial charge >= 0.3 is 0 Å². The van der Waals surface area contributed by atoms with Crippen LogP contribution in [0, 0.1) is 0 Å². The SMILES string of the molecule is O=C(NCCc1nc2ccccc2n1CCC(=O)N1CCCCCC1)c1ccco1. The lowest BCUT2D eigenvalue weighted by atomic mass is 10.2. The van der Waals surface area contributed by atoms with Crippen LogP contribution in [-0.4, -0.2) is 45.9 Å². The molecule has 1 fully saturated rings. The van der Waals surface area contributed by atoms with Gasteiger partial charge in [0.15, 0.2) is 5.76 Å². The maximum absolute atomic E-state index is 12.8. The van der Waals surface area contributed by atoms with Crippen molar-refractivity contribution in [2.24, 2.45) is 0 Å². The molecule has 1 saturated heterocycles. The summed E-state index contributed by atoms with van der Waals surface area (Å²) in [5.74, 6) is 1.15. The number of carbonyl (C=O) groups excluding carboxylic acids is 2. The summed E-state index contributed by atoms with van der Waals surface area (Å²) in [7, 11) is 0. The number of likely N-dealkylation sites (tertiary alicyclic amines) is 1. The van der Waals surface area contributed by atoms with Gasteiger partial charge in [0.05, 0.1) is 17.3 Å². The molecule has 0 saturated carbocycles. The van der Waals surface area contributed by atoms with E-state index in [1.807, 2.05) is 29.2 Å². The first-order valence-corrected chi connectivity index (χ1v) is 10.8. The number of nitrogens with one attached hydrogen (secondary N) is 1. The highest BCUT2D eigenvalue weighted by Crippen LogP contribution is 2.18. The van der Waals surface area contributed by atoms with E-state index in [9.17, 15) is 9.59 Å². The van der Waals surface area contributed by atoms with Crippen molar-refractivity contribution in [1.82, 2.24) is 19.8 Å². The van der Waals surface area contributed by atoms with Crippen LogP contribution < -0.4 is 5.32 Å². The molecule has 158 valence electrons. The van der Waals surface area contributed by atoms with E-state index in [2.05, 4.69) is 9.88 Å². The number of benzene rings is 1. The number of aromatic nitrogens is 2. The number of imidazole rings is 1. The van der Waals surface area contributed by atoms with Crippen molar-refractivity contribution in [3.05, 3.63) is 54.2 Å². The molecule has 3 aromatic rings. The van der Waals surface area contributed by atoms with Crippen LogP contribution >= 0.6 is 0 Å². The first-order valence-electron chi connectivity index (χ1n) is 10.8. The average Bonchev–Trinajstić information content (AvgIpc) is 3.32. The van der Waals surface area contributed by atoms with E-state index in [1.165, 1.54) is 19.1 Å². The molecule has 3 heterocycles. The number of hydrogen-bond acceptors (Lipinski definition) is 4. The molecule has 1 aliphatic rings. The lowest BCUT2D eigenvalue weighted by Crippen LogP contribution is -2.32. The van der Waals surface area contributed by atoms with Gasteiger partial charge in [-0.25, -0.2) is 4.98 Å². The second kappa shape index (κ2) is 9.61. The van der Waals surface area contributed by atoms with Crippen LogP contribution in [0.3, 0.4) is 0 Å². The lowest BCUT2D eigenvalue weighted by Gasteiger charge is -2.20. The molecule has 30 heavy (non-hydrogen) atoms. The number of hydrogen-bond donors (Lipinski definition) is 1. The minimum atomic E-state index is -0.237. The first kappa shape index (κ1) is 20.2. The Kier molecular flexibility index (Phi) is 6.47. The number of nitrogens with zero attached hydrogens (tertiary/aromatic N) is 3. The van der Waals surface area contributed by atoms with Gasteiger partial charge in [0, 0.05) is 39.0 Å². The van der Waals surface area contributed by atoms with Gasteiger partial charge in [-0.1, -0.05) is 25.0 Å². The van der Waals surface area contributed by atoms with Gasteiger partial charge in [-0.2, -0.15) is 0 Å². The maximum atomic E-state index is 12.8. The molecule has 1 aliphatic heterocycles. The van der Waals surface area contributed by atoms with E-state index in [1.54, 1.807) is 12.1 Å². The zero-order chi connectivity index (χ0) is 20.8. The average molecular weight is 409 g/mol. The van der Waals surface area contributed by atoms with Crippen molar-refractivity contribution < 1.29 is 14.0 Å². The van der Waals surface area contributed by atoms with E-state index in [-0.39, 0.29) is 11.8 Å². The Morgan fingerprint density at radius 2 is 1.83 bits per heavy atom. The van der Waals surface area contributed by atoms with Crippen molar-refractivity contribution >= 4 is 22.8 Å². The van der Waals surface area contributed by atoms with Gasteiger partial charge in [-0.3, -0.25) is 9.59 Å².